The minimum absolute atomic E-state index is 0.102. The standard InChI is InChI=1S/C27H30ClF3N8O4/c1-16(40)34-21-13-18(4-5-32-21)43-20-14-33-24-23(22(20)28)37(2)26(36-24)35-19-12-17(27(29,30)31)15-39(25(19)41)7-3-6-38-8-10-42-11-9-38/h4-5,12-15,25,41H,3,6-11H2,1-2H3,(H,32,34,40)(H,33,35,36). The molecule has 0 radical (unpaired) electrons. The smallest absolute Gasteiger partial charge is 0.417 e. The summed E-state index contributed by atoms with van der Waals surface area (Å²) in [6.45, 7) is 4.98. The summed E-state index contributed by atoms with van der Waals surface area (Å²) in [6.07, 6.45) is -0.857. The Hall–Kier alpha value is -3.92. The van der Waals surface area contributed by atoms with Gasteiger partial charge < -0.3 is 34.7 Å². The molecule has 2 aliphatic heterocycles. The van der Waals surface area contributed by atoms with Crippen LogP contribution in [0.1, 0.15) is 13.3 Å². The summed E-state index contributed by atoms with van der Waals surface area (Å²) >= 11 is 6.65. The maximum atomic E-state index is 13.8. The van der Waals surface area contributed by atoms with Gasteiger partial charge in [-0.15, -0.1) is 0 Å². The highest BCUT2D eigenvalue weighted by molar-refractivity contribution is 6.36. The number of halogens is 4. The van der Waals surface area contributed by atoms with Gasteiger partial charge in [0.25, 0.3) is 0 Å². The van der Waals surface area contributed by atoms with Gasteiger partial charge in [0.05, 0.1) is 30.7 Å². The van der Waals surface area contributed by atoms with E-state index in [1.54, 1.807) is 13.1 Å². The van der Waals surface area contributed by atoms with Gasteiger partial charge in [-0.2, -0.15) is 18.2 Å². The van der Waals surface area contributed by atoms with E-state index in [1.807, 2.05) is 0 Å². The van der Waals surface area contributed by atoms with Crippen LogP contribution in [0, 0.1) is 0 Å². The van der Waals surface area contributed by atoms with Crippen LogP contribution in [-0.4, -0.2) is 92.1 Å². The van der Waals surface area contributed by atoms with E-state index in [9.17, 15) is 23.1 Å². The maximum absolute atomic E-state index is 13.8. The lowest BCUT2D eigenvalue weighted by molar-refractivity contribution is -0.114. The van der Waals surface area contributed by atoms with Crippen molar-refractivity contribution in [2.45, 2.75) is 25.7 Å². The van der Waals surface area contributed by atoms with Crippen LogP contribution in [0.3, 0.4) is 0 Å². The van der Waals surface area contributed by atoms with Crippen molar-refractivity contribution in [2.24, 2.45) is 7.05 Å². The van der Waals surface area contributed by atoms with Crippen LogP contribution in [0.15, 0.2) is 48.1 Å². The van der Waals surface area contributed by atoms with Gasteiger partial charge in [0.2, 0.25) is 11.9 Å². The van der Waals surface area contributed by atoms with Crippen molar-refractivity contribution in [3.05, 3.63) is 53.1 Å². The van der Waals surface area contributed by atoms with Gasteiger partial charge in [0.1, 0.15) is 22.1 Å². The topological polar surface area (TPSA) is 130 Å². The Labute approximate surface area is 249 Å². The van der Waals surface area contributed by atoms with E-state index >= 15 is 0 Å². The van der Waals surface area contributed by atoms with Crippen molar-refractivity contribution in [3.8, 4) is 11.5 Å². The van der Waals surface area contributed by atoms with E-state index in [0.29, 0.717) is 37.4 Å². The second-order valence-corrected chi connectivity index (χ2v) is 10.4. The lowest BCUT2D eigenvalue weighted by atomic mass is 10.1. The monoisotopic (exact) mass is 622 g/mol. The molecule has 12 nitrogen and oxygen atoms in total. The number of carbonyl (C=O) groups excluding carboxylic acids is 1. The quantitative estimate of drug-likeness (QED) is 0.323. The number of hydrogen-bond acceptors (Lipinski definition) is 10. The molecule has 1 fully saturated rings. The van der Waals surface area contributed by atoms with Gasteiger partial charge >= 0.3 is 6.18 Å². The van der Waals surface area contributed by atoms with Crippen molar-refractivity contribution in [1.29, 1.82) is 0 Å². The number of carbonyl (C=O) groups is 1. The number of hydrogen-bond donors (Lipinski definition) is 3. The number of allylic oxidation sites excluding steroid dienone is 2. The number of pyridine rings is 2. The molecule has 1 saturated heterocycles. The summed E-state index contributed by atoms with van der Waals surface area (Å²) in [6, 6.07) is 3.07. The molecule has 0 aromatic carbocycles. The number of rotatable bonds is 9. The molecule has 0 bridgehead atoms. The number of nitrogens with one attached hydrogen (secondary N) is 2. The number of anilines is 2. The van der Waals surface area contributed by atoms with Gasteiger partial charge in [-0.05, 0) is 18.6 Å². The molecular weight excluding hydrogens is 593 g/mol. The summed E-state index contributed by atoms with van der Waals surface area (Å²) in [5.41, 5.74) is -0.462. The zero-order valence-corrected chi connectivity index (χ0v) is 24.1. The van der Waals surface area contributed by atoms with Crippen molar-refractivity contribution in [1.82, 2.24) is 29.3 Å². The summed E-state index contributed by atoms with van der Waals surface area (Å²) in [5.74, 6) is 0.601. The molecule has 5 rings (SSSR count). The second kappa shape index (κ2) is 12.8. The number of morpholine rings is 1. The molecule has 16 heteroatoms. The highest BCUT2D eigenvalue weighted by atomic mass is 35.5. The first kappa shape index (κ1) is 30.5. The Morgan fingerprint density at radius 2 is 2.02 bits per heavy atom. The molecule has 1 unspecified atom stereocenters. The molecule has 230 valence electrons. The lowest BCUT2D eigenvalue weighted by Crippen LogP contribution is -2.41. The molecule has 1 atom stereocenters. The number of aliphatic hydroxyl groups is 1. The fourth-order valence-corrected chi connectivity index (χ4v) is 5.03. The van der Waals surface area contributed by atoms with Crippen molar-refractivity contribution < 1.29 is 32.5 Å². The Bertz CT molecular complexity index is 1550. The number of fused-ring (bicyclic) bond motifs is 1. The highest BCUT2D eigenvalue weighted by Crippen LogP contribution is 2.37. The molecule has 3 aromatic heterocycles. The largest absolute Gasteiger partial charge is 0.454 e. The second-order valence-electron chi connectivity index (χ2n) is 9.99. The maximum Gasteiger partial charge on any atom is 0.417 e. The average Bonchev–Trinajstić information content (AvgIpc) is 3.27. The minimum atomic E-state index is -4.63. The summed E-state index contributed by atoms with van der Waals surface area (Å²) in [5, 5.41) is 16.6. The fourth-order valence-electron chi connectivity index (χ4n) is 4.73. The van der Waals surface area contributed by atoms with Crippen LogP contribution in [0.4, 0.5) is 24.9 Å². The third-order valence-corrected chi connectivity index (χ3v) is 7.22. The van der Waals surface area contributed by atoms with Gasteiger partial charge in [0, 0.05) is 58.6 Å². The molecule has 0 aliphatic carbocycles. The third-order valence-electron chi connectivity index (χ3n) is 6.85. The Morgan fingerprint density at radius 3 is 2.74 bits per heavy atom. The first-order chi connectivity index (χ1) is 20.5. The molecule has 3 N–H and O–H groups in total. The Balaban J connectivity index is 1.36. The average molecular weight is 623 g/mol. The third kappa shape index (κ3) is 7.18. The first-order valence-electron chi connectivity index (χ1n) is 13.4. The van der Waals surface area contributed by atoms with Crippen LogP contribution >= 0.6 is 11.6 Å². The first-order valence-corrected chi connectivity index (χ1v) is 13.8. The Kier molecular flexibility index (Phi) is 9.05. The number of alkyl halides is 3. The van der Waals surface area contributed by atoms with Crippen LogP contribution in [0.5, 0.6) is 11.5 Å². The lowest BCUT2D eigenvalue weighted by Gasteiger charge is -2.34. The van der Waals surface area contributed by atoms with E-state index in [1.165, 1.54) is 34.9 Å². The number of aliphatic hydroxyl groups excluding tert-OH is 1. The van der Waals surface area contributed by atoms with Crippen molar-refractivity contribution in [3.63, 3.8) is 0 Å². The van der Waals surface area contributed by atoms with Gasteiger partial charge in [-0.1, -0.05) is 11.6 Å². The predicted octanol–water partition coefficient (Wildman–Crippen LogP) is 3.87. The molecule has 2 aliphatic rings. The summed E-state index contributed by atoms with van der Waals surface area (Å²) in [7, 11) is 1.60. The molecule has 0 saturated carbocycles. The van der Waals surface area contributed by atoms with E-state index < -0.39 is 18.0 Å². The molecule has 3 aromatic rings. The highest BCUT2D eigenvalue weighted by Gasteiger charge is 2.37. The number of imidazole rings is 1. The van der Waals surface area contributed by atoms with E-state index in [4.69, 9.17) is 21.1 Å². The predicted molar refractivity (Wildman–Crippen MR) is 153 cm³/mol. The van der Waals surface area contributed by atoms with Gasteiger partial charge in [-0.25, -0.2) is 9.97 Å². The Morgan fingerprint density at radius 1 is 1.26 bits per heavy atom. The van der Waals surface area contributed by atoms with Gasteiger partial charge in [0.15, 0.2) is 17.6 Å². The normalized spacial score (nSPS) is 17.9. The SMILES string of the molecule is CC(=O)Nc1cc(Oc2cnc3nc(NC4=CC(C(F)(F)F)=CN(CCCN5CCOCC5)C4O)n(C)c3c2Cl)ccn1. The van der Waals surface area contributed by atoms with Crippen LogP contribution < -0.4 is 15.4 Å². The van der Waals surface area contributed by atoms with Crippen molar-refractivity contribution >= 4 is 40.4 Å². The minimum Gasteiger partial charge on any atom is -0.454 e. The van der Waals surface area contributed by atoms with E-state index in [-0.39, 0.29) is 46.3 Å². The number of aryl methyl sites for hydroxylation is 1. The van der Waals surface area contributed by atoms with Crippen LogP contribution in [0.25, 0.3) is 11.2 Å². The van der Waals surface area contributed by atoms with Crippen LogP contribution in [-0.2, 0) is 16.6 Å². The van der Waals surface area contributed by atoms with E-state index in [2.05, 4.69) is 30.5 Å². The molecule has 0 spiro atoms. The zero-order valence-electron chi connectivity index (χ0n) is 23.4. The zero-order chi connectivity index (χ0) is 30.7. The number of ether oxygens (including phenoxy) is 2. The van der Waals surface area contributed by atoms with Gasteiger partial charge in [-0.3, -0.25) is 9.69 Å². The molecular formula is C27H30ClF3N8O4. The van der Waals surface area contributed by atoms with Crippen LogP contribution in [0.2, 0.25) is 5.02 Å². The summed E-state index contributed by atoms with van der Waals surface area (Å²) in [4.78, 5) is 27.5. The molecule has 5 heterocycles. The number of nitrogens with zero attached hydrogens (tertiary/aromatic N) is 6. The van der Waals surface area contributed by atoms with Crippen molar-refractivity contribution in [2.75, 3.05) is 50.0 Å². The number of aromatic nitrogens is 4. The molecule has 43 heavy (non-hydrogen) atoms. The summed E-state index contributed by atoms with van der Waals surface area (Å²) < 4.78 is 54.2. The molecule has 1 amide bonds. The van der Waals surface area contributed by atoms with E-state index in [0.717, 1.165) is 25.4 Å². The number of amides is 1. The fraction of sp³-hybridized carbons (Fsp3) is 0.407.